The zero-order valence-electron chi connectivity index (χ0n) is 17.6. The first-order valence-corrected chi connectivity index (χ1v) is 10.0. The highest BCUT2D eigenvalue weighted by molar-refractivity contribution is 5.98. The molecule has 0 aromatic heterocycles. The first-order chi connectivity index (χ1) is 13.7. The molecule has 0 bridgehead atoms. The molecule has 1 fully saturated rings. The number of nitrogens with one attached hydrogen (secondary N) is 2. The van der Waals surface area contributed by atoms with Gasteiger partial charge in [0.05, 0.1) is 0 Å². The fourth-order valence-electron chi connectivity index (χ4n) is 3.34. The summed E-state index contributed by atoms with van der Waals surface area (Å²) in [6.45, 7) is 8.82. The molecule has 154 valence electrons. The Balaban J connectivity index is 1.98. The average Bonchev–Trinajstić information content (AvgIpc) is 3.48. The number of carbonyl (C=O) groups excluding carboxylic acids is 1. The molecule has 3 nitrogen and oxygen atoms in total. The molecule has 3 rings (SSSR count). The van der Waals surface area contributed by atoms with Gasteiger partial charge in [0.15, 0.2) is 0 Å². The van der Waals surface area contributed by atoms with E-state index in [1.54, 1.807) is 32.9 Å². The summed E-state index contributed by atoms with van der Waals surface area (Å²) in [4.78, 5) is 12.2. The Kier molecular flexibility index (Phi) is 6.06. The molecule has 1 aliphatic carbocycles. The molecule has 0 heterocycles. The molecule has 0 unspecified atom stereocenters. The van der Waals surface area contributed by atoms with Crippen LogP contribution in [0.1, 0.15) is 50.3 Å². The third kappa shape index (κ3) is 4.66. The van der Waals surface area contributed by atoms with E-state index in [9.17, 15) is 4.79 Å². The van der Waals surface area contributed by atoms with Crippen molar-refractivity contribution in [1.29, 1.82) is 0 Å². The molecule has 2 aromatic carbocycles. The Morgan fingerprint density at radius 1 is 1.07 bits per heavy atom. The van der Waals surface area contributed by atoms with Gasteiger partial charge in [0.25, 0.3) is 0 Å². The quantitative estimate of drug-likeness (QED) is 0.608. The van der Waals surface area contributed by atoms with Crippen LogP contribution in [0.3, 0.4) is 0 Å². The highest BCUT2D eigenvalue weighted by atomic mass is 19.1. The highest BCUT2D eigenvalue weighted by Gasteiger charge is 2.25. The van der Waals surface area contributed by atoms with E-state index in [0.29, 0.717) is 11.1 Å². The van der Waals surface area contributed by atoms with Gasteiger partial charge in [0.1, 0.15) is 11.6 Å². The number of anilines is 1. The predicted octanol–water partition coefficient (Wildman–Crippen LogP) is 5.75. The summed E-state index contributed by atoms with van der Waals surface area (Å²) in [7, 11) is 0. The molecular formula is C24H28F2N2O. The summed E-state index contributed by atoms with van der Waals surface area (Å²) in [5, 5.41) is 6.15. The second kappa shape index (κ2) is 8.36. The smallest absolute Gasteiger partial charge is 0.247 e. The Bertz CT molecular complexity index is 929. The summed E-state index contributed by atoms with van der Waals surface area (Å²) in [5.41, 5.74) is 2.74. The SMILES string of the molecule is CC(=Cc1c(C)c(F)c(-c2ccc(NC(C)C)cc2)c(C)c1F)C(=O)NC1CC1. The van der Waals surface area contributed by atoms with E-state index < -0.39 is 11.6 Å². The standard InChI is InChI=1S/C24H28F2N2O/c1-13(2)27-18-8-6-17(7-9-18)21-16(5)22(25)20(15(4)23(21)26)12-14(3)24(29)28-19-10-11-19/h6-9,12-13,19,27H,10-11H2,1-5H3,(H,28,29). The predicted molar refractivity (Wildman–Crippen MR) is 115 cm³/mol. The number of hydrogen-bond acceptors (Lipinski definition) is 2. The second-order valence-corrected chi connectivity index (χ2v) is 8.12. The van der Waals surface area contributed by atoms with E-state index in [2.05, 4.69) is 10.6 Å². The number of rotatable bonds is 6. The van der Waals surface area contributed by atoms with Gasteiger partial charge in [-0.15, -0.1) is 0 Å². The lowest BCUT2D eigenvalue weighted by atomic mass is 9.92. The van der Waals surface area contributed by atoms with Crippen LogP contribution in [0.5, 0.6) is 0 Å². The molecule has 2 aromatic rings. The molecule has 0 radical (unpaired) electrons. The highest BCUT2D eigenvalue weighted by Crippen LogP contribution is 2.34. The summed E-state index contributed by atoms with van der Waals surface area (Å²) >= 11 is 0. The third-order valence-electron chi connectivity index (χ3n) is 5.15. The normalized spacial score (nSPS) is 14.3. The number of amides is 1. The van der Waals surface area contributed by atoms with Crippen LogP contribution in [0.4, 0.5) is 14.5 Å². The van der Waals surface area contributed by atoms with E-state index in [1.165, 1.54) is 6.08 Å². The largest absolute Gasteiger partial charge is 0.383 e. The van der Waals surface area contributed by atoms with E-state index in [0.717, 1.165) is 18.5 Å². The first kappa shape index (κ1) is 21.0. The monoisotopic (exact) mass is 398 g/mol. The lowest BCUT2D eigenvalue weighted by molar-refractivity contribution is -0.117. The minimum Gasteiger partial charge on any atom is -0.383 e. The van der Waals surface area contributed by atoms with Crippen LogP contribution >= 0.6 is 0 Å². The van der Waals surface area contributed by atoms with E-state index >= 15 is 8.78 Å². The number of benzene rings is 2. The zero-order chi connectivity index (χ0) is 21.3. The molecule has 0 atom stereocenters. The minimum atomic E-state index is -0.498. The lowest BCUT2D eigenvalue weighted by Crippen LogP contribution is -2.26. The maximum atomic E-state index is 15.3. The van der Waals surface area contributed by atoms with Gasteiger partial charge in [0.2, 0.25) is 5.91 Å². The van der Waals surface area contributed by atoms with Crippen molar-refractivity contribution in [2.24, 2.45) is 0 Å². The molecule has 0 saturated heterocycles. The van der Waals surface area contributed by atoms with Crippen LogP contribution in [0, 0.1) is 25.5 Å². The van der Waals surface area contributed by atoms with Crippen LogP contribution < -0.4 is 10.6 Å². The molecule has 5 heteroatoms. The summed E-state index contributed by atoms with van der Waals surface area (Å²) in [6, 6.07) is 7.80. The Morgan fingerprint density at radius 2 is 1.69 bits per heavy atom. The third-order valence-corrected chi connectivity index (χ3v) is 5.15. The van der Waals surface area contributed by atoms with Gasteiger partial charge < -0.3 is 10.6 Å². The van der Waals surface area contributed by atoms with Crippen molar-refractivity contribution < 1.29 is 13.6 Å². The Hall–Kier alpha value is -2.69. The van der Waals surface area contributed by atoms with Crippen molar-refractivity contribution in [1.82, 2.24) is 5.32 Å². The lowest BCUT2D eigenvalue weighted by Gasteiger charge is -2.16. The molecular weight excluding hydrogens is 370 g/mol. The molecule has 0 spiro atoms. The van der Waals surface area contributed by atoms with Crippen LogP contribution in [0.2, 0.25) is 0 Å². The molecule has 1 amide bonds. The van der Waals surface area contributed by atoms with Gasteiger partial charge in [-0.2, -0.15) is 0 Å². The minimum absolute atomic E-state index is 0.130. The van der Waals surface area contributed by atoms with Gasteiger partial charge in [-0.05, 0) is 82.4 Å². The Labute approximate surface area is 171 Å². The number of hydrogen-bond donors (Lipinski definition) is 2. The van der Waals surface area contributed by atoms with Crippen molar-refractivity contribution in [3.8, 4) is 11.1 Å². The van der Waals surface area contributed by atoms with Gasteiger partial charge in [-0.25, -0.2) is 8.78 Å². The van der Waals surface area contributed by atoms with Crippen LogP contribution in [-0.2, 0) is 4.79 Å². The van der Waals surface area contributed by atoms with Gasteiger partial charge in [-0.1, -0.05) is 12.1 Å². The van der Waals surface area contributed by atoms with Crippen molar-refractivity contribution in [2.75, 3.05) is 5.32 Å². The topological polar surface area (TPSA) is 41.1 Å². The van der Waals surface area contributed by atoms with Crippen molar-refractivity contribution >= 4 is 17.7 Å². The van der Waals surface area contributed by atoms with E-state index in [-0.39, 0.29) is 40.2 Å². The first-order valence-electron chi connectivity index (χ1n) is 10.0. The molecule has 2 N–H and O–H groups in total. The maximum Gasteiger partial charge on any atom is 0.247 e. The van der Waals surface area contributed by atoms with E-state index in [1.807, 2.05) is 26.0 Å². The summed E-state index contributed by atoms with van der Waals surface area (Å²) < 4.78 is 30.4. The van der Waals surface area contributed by atoms with E-state index in [4.69, 9.17) is 0 Å². The average molecular weight is 398 g/mol. The Morgan fingerprint density at radius 3 is 2.24 bits per heavy atom. The second-order valence-electron chi connectivity index (χ2n) is 8.12. The fraction of sp³-hybridized carbons (Fsp3) is 0.375. The number of carbonyl (C=O) groups is 1. The summed E-state index contributed by atoms with van der Waals surface area (Å²) in [5.74, 6) is -1.20. The van der Waals surface area contributed by atoms with Gasteiger partial charge >= 0.3 is 0 Å². The number of halogens is 2. The van der Waals surface area contributed by atoms with Crippen LogP contribution in [0.15, 0.2) is 29.8 Å². The van der Waals surface area contributed by atoms with Crippen LogP contribution in [-0.4, -0.2) is 18.0 Å². The van der Waals surface area contributed by atoms with Crippen molar-refractivity contribution in [2.45, 2.75) is 59.5 Å². The van der Waals surface area contributed by atoms with Gasteiger partial charge in [0, 0.05) is 34.5 Å². The molecule has 1 aliphatic rings. The fourth-order valence-corrected chi connectivity index (χ4v) is 3.34. The van der Waals surface area contributed by atoms with Crippen LogP contribution in [0.25, 0.3) is 17.2 Å². The van der Waals surface area contributed by atoms with Gasteiger partial charge in [-0.3, -0.25) is 4.79 Å². The summed E-state index contributed by atoms with van der Waals surface area (Å²) in [6.07, 6.45) is 3.39. The molecule has 29 heavy (non-hydrogen) atoms. The zero-order valence-corrected chi connectivity index (χ0v) is 17.6. The van der Waals surface area contributed by atoms with Crippen molar-refractivity contribution in [3.05, 3.63) is 58.2 Å². The van der Waals surface area contributed by atoms with Crippen molar-refractivity contribution in [3.63, 3.8) is 0 Å². The maximum absolute atomic E-state index is 15.3. The molecule has 0 aliphatic heterocycles. The molecule has 1 saturated carbocycles.